The van der Waals surface area contributed by atoms with Crippen LogP contribution in [-0.4, -0.2) is 24.4 Å². The number of piperidine rings is 1. The van der Waals surface area contributed by atoms with Crippen molar-refractivity contribution in [3.05, 3.63) is 53.9 Å². The number of nitrogens with zero attached hydrogens (tertiary/aromatic N) is 1. The van der Waals surface area contributed by atoms with E-state index in [1.54, 1.807) is 6.26 Å². The first kappa shape index (κ1) is 12.4. The molecule has 100 valence electrons. The van der Waals surface area contributed by atoms with Crippen molar-refractivity contribution in [2.75, 3.05) is 13.1 Å². The molecule has 0 aliphatic carbocycles. The summed E-state index contributed by atoms with van der Waals surface area (Å²) >= 11 is 0. The first-order valence-electron chi connectivity index (χ1n) is 6.70. The van der Waals surface area contributed by atoms with Crippen molar-refractivity contribution in [1.29, 1.82) is 0 Å². The molecular weight excluding hydrogens is 240 g/mol. The molecule has 1 N–H and O–H groups in total. The molecule has 0 spiro atoms. The number of aromatic nitrogens is 1. The Morgan fingerprint density at radius 3 is 2.95 bits per heavy atom. The molecule has 0 radical (unpaired) electrons. The third-order valence-corrected chi connectivity index (χ3v) is 3.57. The maximum atomic E-state index is 6.06. The fraction of sp³-hybridized carbons (Fsp3) is 0.400. The highest BCUT2D eigenvalue weighted by Gasteiger charge is 2.28. The second kappa shape index (κ2) is 5.99. The Bertz CT molecular complexity index is 484. The van der Waals surface area contributed by atoms with Gasteiger partial charge in [-0.15, -0.1) is 0 Å². The summed E-state index contributed by atoms with van der Waals surface area (Å²) in [6, 6.07) is 12.2. The zero-order valence-electron chi connectivity index (χ0n) is 10.8. The zero-order chi connectivity index (χ0) is 12.9. The predicted octanol–water partition coefficient (Wildman–Crippen LogP) is 2.34. The van der Waals surface area contributed by atoms with Crippen molar-refractivity contribution in [3.63, 3.8) is 0 Å². The van der Waals surface area contributed by atoms with Crippen LogP contribution in [0.5, 0.6) is 0 Å². The SMILES string of the molecule is c1ccc(CO[C@@H]2CNCCC2c2ccon2)cc1. The predicted molar refractivity (Wildman–Crippen MR) is 71.7 cm³/mol. The van der Waals surface area contributed by atoms with Crippen LogP contribution in [0, 0.1) is 0 Å². The molecule has 2 aromatic rings. The minimum absolute atomic E-state index is 0.152. The Balaban J connectivity index is 1.64. The van der Waals surface area contributed by atoms with Gasteiger partial charge in [0.05, 0.1) is 18.4 Å². The van der Waals surface area contributed by atoms with Gasteiger partial charge in [0.15, 0.2) is 0 Å². The fourth-order valence-corrected chi connectivity index (χ4v) is 2.53. The van der Waals surface area contributed by atoms with Gasteiger partial charge < -0.3 is 14.6 Å². The molecule has 1 aliphatic heterocycles. The second-order valence-electron chi connectivity index (χ2n) is 4.86. The lowest BCUT2D eigenvalue weighted by Gasteiger charge is -2.30. The van der Waals surface area contributed by atoms with Gasteiger partial charge in [-0.3, -0.25) is 0 Å². The van der Waals surface area contributed by atoms with Gasteiger partial charge in [-0.25, -0.2) is 0 Å². The van der Waals surface area contributed by atoms with E-state index in [9.17, 15) is 0 Å². The highest BCUT2D eigenvalue weighted by molar-refractivity contribution is 5.14. The van der Waals surface area contributed by atoms with Gasteiger partial charge in [0.1, 0.15) is 6.26 Å². The van der Waals surface area contributed by atoms with Crippen LogP contribution in [0.25, 0.3) is 0 Å². The lowest BCUT2D eigenvalue weighted by atomic mass is 9.92. The van der Waals surface area contributed by atoms with E-state index in [1.165, 1.54) is 5.56 Å². The molecule has 4 heteroatoms. The Morgan fingerprint density at radius 1 is 1.26 bits per heavy atom. The number of rotatable bonds is 4. The third kappa shape index (κ3) is 3.03. The summed E-state index contributed by atoms with van der Waals surface area (Å²) < 4.78 is 11.0. The molecule has 1 aromatic heterocycles. The highest BCUT2D eigenvalue weighted by Crippen LogP contribution is 2.27. The van der Waals surface area contributed by atoms with E-state index in [1.807, 2.05) is 24.3 Å². The molecule has 19 heavy (non-hydrogen) atoms. The summed E-state index contributed by atoms with van der Waals surface area (Å²) in [6.07, 6.45) is 2.82. The van der Waals surface area contributed by atoms with Crippen LogP contribution in [0.15, 0.2) is 47.2 Å². The Morgan fingerprint density at radius 2 is 2.16 bits per heavy atom. The van der Waals surface area contributed by atoms with Crippen LogP contribution >= 0.6 is 0 Å². The Labute approximate surface area is 112 Å². The molecule has 0 amide bonds. The molecule has 1 saturated heterocycles. The largest absolute Gasteiger partial charge is 0.372 e. The van der Waals surface area contributed by atoms with Gasteiger partial charge in [0.25, 0.3) is 0 Å². The van der Waals surface area contributed by atoms with Crippen LogP contribution < -0.4 is 5.32 Å². The average Bonchev–Trinajstić information content (AvgIpc) is 3.01. The van der Waals surface area contributed by atoms with E-state index < -0.39 is 0 Å². The van der Waals surface area contributed by atoms with E-state index in [2.05, 4.69) is 22.6 Å². The van der Waals surface area contributed by atoms with E-state index in [-0.39, 0.29) is 6.10 Å². The average molecular weight is 258 g/mol. The van der Waals surface area contributed by atoms with Crippen LogP contribution in [0.2, 0.25) is 0 Å². The van der Waals surface area contributed by atoms with Crippen LogP contribution in [0.1, 0.15) is 23.6 Å². The summed E-state index contributed by atoms with van der Waals surface area (Å²) in [5.41, 5.74) is 2.20. The van der Waals surface area contributed by atoms with Crippen molar-refractivity contribution >= 4 is 0 Å². The van der Waals surface area contributed by atoms with E-state index in [0.717, 1.165) is 25.2 Å². The summed E-state index contributed by atoms with van der Waals surface area (Å²) in [5, 5.41) is 7.44. The van der Waals surface area contributed by atoms with Crippen molar-refractivity contribution in [1.82, 2.24) is 10.5 Å². The molecule has 2 atom stereocenters. The summed E-state index contributed by atoms with van der Waals surface area (Å²) in [7, 11) is 0. The normalized spacial score (nSPS) is 23.4. The molecule has 0 saturated carbocycles. The molecule has 0 bridgehead atoms. The smallest absolute Gasteiger partial charge is 0.124 e. The molecule has 2 heterocycles. The van der Waals surface area contributed by atoms with Crippen molar-refractivity contribution < 1.29 is 9.26 Å². The Kier molecular flexibility index (Phi) is 3.91. The monoisotopic (exact) mass is 258 g/mol. The van der Waals surface area contributed by atoms with Gasteiger partial charge in [-0.05, 0) is 18.5 Å². The van der Waals surface area contributed by atoms with Gasteiger partial charge in [-0.1, -0.05) is 35.5 Å². The number of ether oxygens (including phenoxy) is 1. The maximum absolute atomic E-state index is 6.06. The topological polar surface area (TPSA) is 47.3 Å². The number of hydrogen-bond donors (Lipinski definition) is 1. The summed E-state index contributed by atoms with van der Waals surface area (Å²) in [4.78, 5) is 0. The minimum Gasteiger partial charge on any atom is -0.372 e. The molecule has 1 unspecified atom stereocenters. The number of nitrogens with one attached hydrogen (secondary N) is 1. The van der Waals surface area contributed by atoms with Crippen LogP contribution in [-0.2, 0) is 11.3 Å². The molecule has 1 fully saturated rings. The second-order valence-corrected chi connectivity index (χ2v) is 4.86. The number of hydrogen-bond acceptors (Lipinski definition) is 4. The molecule has 1 aliphatic rings. The van der Waals surface area contributed by atoms with Gasteiger partial charge in [0.2, 0.25) is 0 Å². The lowest BCUT2D eigenvalue weighted by Crippen LogP contribution is -2.41. The molecule has 1 aromatic carbocycles. The van der Waals surface area contributed by atoms with Gasteiger partial charge in [0, 0.05) is 18.5 Å². The van der Waals surface area contributed by atoms with Crippen LogP contribution in [0.3, 0.4) is 0 Å². The van der Waals surface area contributed by atoms with E-state index >= 15 is 0 Å². The Hall–Kier alpha value is -1.65. The third-order valence-electron chi connectivity index (χ3n) is 3.57. The van der Waals surface area contributed by atoms with E-state index in [0.29, 0.717) is 12.5 Å². The summed E-state index contributed by atoms with van der Waals surface area (Å²) in [6.45, 7) is 2.51. The van der Waals surface area contributed by atoms with Crippen molar-refractivity contribution in [3.8, 4) is 0 Å². The van der Waals surface area contributed by atoms with Crippen molar-refractivity contribution in [2.45, 2.75) is 25.0 Å². The van der Waals surface area contributed by atoms with Crippen molar-refractivity contribution in [2.24, 2.45) is 0 Å². The quantitative estimate of drug-likeness (QED) is 0.914. The molecular formula is C15H18N2O2. The van der Waals surface area contributed by atoms with Gasteiger partial charge in [-0.2, -0.15) is 0 Å². The summed E-state index contributed by atoms with van der Waals surface area (Å²) in [5.74, 6) is 0.323. The first-order valence-corrected chi connectivity index (χ1v) is 6.70. The minimum atomic E-state index is 0.152. The highest BCUT2D eigenvalue weighted by atomic mass is 16.5. The first-order chi connectivity index (χ1) is 9.43. The van der Waals surface area contributed by atoms with Crippen LogP contribution in [0.4, 0.5) is 0 Å². The fourth-order valence-electron chi connectivity index (χ4n) is 2.53. The molecule has 4 nitrogen and oxygen atoms in total. The molecule has 3 rings (SSSR count). The standard InChI is InChI=1S/C15H18N2O2/c1-2-4-12(5-3-1)11-18-15-10-16-8-6-13(15)14-7-9-19-17-14/h1-5,7,9,13,15-16H,6,8,10-11H2/t13?,15-/m1/s1. The zero-order valence-corrected chi connectivity index (χ0v) is 10.8. The number of benzene rings is 1. The van der Waals surface area contributed by atoms with E-state index in [4.69, 9.17) is 9.26 Å². The van der Waals surface area contributed by atoms with Gasteiger partial charge >= 0.3 is 0 Å². The lowest BCUT2D eigenvalue weighted by molar-refractivity contribution is 0.00904. The maximum Gasteiger partial charge on any atom is 0.124 e.